The highest BCUT2D eigenvalue weighted by molar-refractivity contribution is 6.14. The van der Waals surface area contributed by atoms with Crippen molar-refractivity contribution in [3.8, 4) is 0 Å². The SMILES string of the molecule is CCN(C(=O)C1CCN(CC(=O)N2CC=C(c3ccc(C(N)=NC=NC)cc3)CC2)C1)c1ccc(N)c(C(=N)c2ccnc(C)c2)c1. The van der Waals surface area contributed by atoms with Crippen LogP contribution in [0.3, 0.4) is 0 Å². The Morgan fingerprint density at radius 3 is 2.57 bits per heavy atom. The standard InChI is InChI=1S/C36H43N9O2/c1-4-45(30-9-10-32(37)31(20-30)34(38)28-11-15-41-24(2)19-28)36(47)29-12-16-43(21-29)22-33(46)44-17-13-26(14-18-44)25-5-7-27(8-6-25)35(39)42-23-40-3/h5-11,13,15,19-20,23,29,38H,4,12,14,16-18,21-22,37H2,1-3H3,(H2,39,40,42). The maximum Gasteiger partial charge on any atom is 0.237 e. The minimum absolute atomic E-state index is 0.0209. The van der Waals surface area contributed by atoms with E-state index in [-0.39, 0.29) is 23.4 Å². The highest BCUT2D eigenvalue weighted by Gasteiger charge is 2.33. The summed E-state index contributed by atoms with van der Waals surface area (Å²) in [6, 6.07) is 17.0. The number of amidine groups is 1. The molecule has 3 aromatic rings. The average molecular weight is 634 g/mol. The third-order valence-electron chi connectivity index (χ3n) is 8.79. The number of aliphatic imine (C=N–C) groups is 2. The number of amides is 2. The van der Waals surface area contributed by atoms with E-state index in [1.54, 1.807) is 30.3 Å². The van der Waals surface area contributed by atoms with Crippen LogP contribution in [0, 0.1) is 18.3 Å². The Morgan fingerprint density at radius 1 is 1.11 bits per heavy atom. The molecule has 5 rings (SSSR count). The number of aryl methyl sites for hydroxylation is 1. The Hall–Kier alpha value is -5.16. The molecule has 1 saturated heterocycles. The number of hydrogen-bond donors (Lipinski definition) is 3. The topological polar surface area (TPSA) is 157 Å². The summed E-state index contributed by atoms with van der Waals surface area (Å²) in [4.78, 5) is 44.9. The third-order valence-corrected chi connectivity index (χ3v) is 8.79. The van der Waals surface area contributed by atoms with Gasteiger partial charge in [-0.25, -0.2) is 4.99 Å². The van der Waals surface area contributed by atoms with Crippen molar-refractivity contribution in [3.05, 3.63) is 94.8 Å². The lowest BCUT2D eigenvalue weighted by Crippen LogP contribution is -2.42. The van der Waals surface area contributed by atoms with Crippen LogP contribution in [0.25, 0.3) is 5.57 Å². The first-order valence-electron chi connectivity index (χ1n) is 15.9. The van der Waals surface area contributed by atoms with Crippen LogP contribution in [0.5, 0.6) is 0 Å². The van der Waals surface area contributed by atoms with Crippen LogP contribution in [0.4, 0.5) is 11.4 Å². The zero-order valence-electron chi connectivity index (χ0n) is 27.3. The first kappa shape index (κ1) is 33.2. The molecule has 2 aliphatic rings. The summed E-state index contributed by atoms with van der Waals surface area (Å²) in [5, 5.41) is 8.78. The minimum atomic E-state index is -0.213. The van der Waals surface area contributed by atoms with Gasteiger partial charge in [0.1, 0.15) is 12.2 Å². The van der Waals surface area contributed by atoms with E-state index in [9.17, 15) is 9.59 Å². The molecule has 1 aromatic heterocycles. The van der Waals surface area contributed by atoms with Crippen LogP contribution < -0.4 is 16.4 Å². The number of carbonyl (C=O) groups is 2. The maximum absolute atomic E-state index is 13.8. The largest absolute Gasteiger partial charge is 0.398 e. The zero-order valence-corrected chi connectivity index (χ0v) is 27.3. The first-order valence-corrected chi connectivity index (χ1v) is 15.9. The van der Waals surface area contributed by atoms with Crippen molar-refractivity contribution < 1.29 is 9.59 Å². The van der Waals surface area contributed by atoms with Crippen LogP contribution in [0.15, 0.2) is 76.9 Å². The highest BCUT2D eigenvalue weighted by Crippen LogP contribution is 2.28. The monoisotopic (exact) mass is 633 g/mol. The van der Waals surface area contributed by atoms with E-state index in [0.29, 0.717) is 68.5 Å². The molecule has 1 fully saturated rings. The zero-order chi connectivity index (χ0) is 33.5. The molecule has 0 radical (unpaired) electrons. The van der Waals surface area contributed by atoms with E-state index in [1.807, 2.05) is 61.2 Å². The number of nitrogen functional groups attached to an aromatic ring is 1. The summed E-state index contributed by atoms with van der Waals surface area (Å²) in [6.45, 7) is 7.04. The third kappa shape index (κ3) is 7.81. The number of pyridine rings is 1. The van der Waals surface area contributed by atoms with Crippen LogP contribution in [0.2, 0.25) is 0 Å². The van der Waals surface area contributed by atoms with Gasteiger partial charge in [0.15, 0.2) is 0 Å². The first-order chi connectivity index (χ1) is 22.7. The van der Waals surface area contributed by atoms with Gasteiger partial charge in [-0.05, 0) is 74.7 Å². The summed E-state index contributed by atoms with van der Waals surface area (Å²) in [6.07, 6.45) is 6.68. The van der Waals surface area contributed by atoms with Gasteiger partial charge in [-0.1, -0.05) is 30.3 Å². The molecular weight excluding hydrogens is 590 g/mol. The lowest BCUT2D eigenvalue weighted by molar-refractivity contribution is -0.132. The van der Waals surface area contributed by atoms with Gasteiger partial charge in [0.2, 0.25) is 11.8 Å². The van der Waals surface area contributed by atoms with Crippen molar-refractivity contribution in [2.75, 3.05) is 56.9 Å². The van der Waals surface area contributed by atoms with E-state index in [0.717, 1.165) is 28.8 Å². The van der Waals surface area contributed by atoms with E-state index in [2.05, 4.69) is 25.9 Å². The molecule has 11 nitrogen and oxygen atoms in total. The Labute approximate surface area is 276 Å². The summed E-state index contributed by atoms with van der Waals surface area (Å²) in [5.74, 6) is 0.297. The van der Waals surface area contributed by atoms with Gasteiger partial charge < -0.3 is 21.3 Å². The van der Waals surface area contributed by atoms with E-state index >= 15 is 0 Å². The second-order valence-corrected chi connectivity index (χ2v) is 11.9. The van der Waals surface area contributed by atoms with Gasteiger partial charge in [0.05, 0.1) is 18.2 Å². The predicted octanol–water partition coefficient (Wildman–Crippen LogP) is 3.74. The second-order valence-electron chi connectivity index (χ2n) is 11.9. The lowest BCUT2D eigenvalue weighted by atomic mass is 9.98. The molecule has 2 amide bonds. The van der Waals surface area contributed by atoms with Crippen LogP contribution in [-0.4, -0.2) is 90.8 Å². The van der Waals surface area contributed by atoms with Crippen molar-refractivity contribution >= 4 is 46.6 Å². The Balaban J connectivity index is 1.17. The summed E-state index contributed by atoms with van der Waals surface area (Å²) in [7, 11) is 1.65. The molecule has 1 unspecified atom stereocenters. The molecule has 0 bridgehead atoms. The molecule has 2 aromatic carbocycles. The van der Waals surface area contributed by atoms with Gasteiger partial charge in [0, 0.05) is 73.2 Å². The van der Waals surface area contributed by atoms with Crippen LogP contribution in [-0.2, 0) is 9.59 Å². The van der Waals surface area contributed by atoms with E-state index in [1.165, 1.54) is 11.9 Å². The molecule has 1 atom stereocenters. The molecular formula is C36H43N9O2. The smallest absolute Gasteiger partial charge is 0.237 e. The van der Waals surface area contributed by atoms with Gasteiger partial charge in [-0.3, -0.25) is 29.9 Å². The number of rotatable bonds is 10. The number of aromatic nitrogens is 1. The number of anilines is 2. The van der Waals surface area contributed by atoms with Crippen molar-refractivity contribution in [2.45, 2.75) is 26.7 Å². The van der Waals surface area contributed by atoms with Crippen molar-refractivity contribution in [1.82, 2.24) is 14.8 Å². The molecule has 11 heteroatoms. The Kier molecular flexibility index (Phi) is 10.6. The number of benzene rings is 2. The molecule has 47 heavy (non-hydrogen) atoms. The Bertz CT molecular complexity index is 1730. The van der Waals surface area contributed by atoms with Crippen LogP contribution in [0.1, 0.15) is 47.7 Å². The van der Waals surface area contributed by atoms with Gasteiger partial charge >= 0.3 is 0 Å². The fourth-order valence-corrected chi connectivity index (χ4v) is 6.15. The number of carbonyl (C=O) groups excluding carboxylic acids is 2. The van der Waals surface area contributed by atoms with Crippen LogP contribution >= 0.6 is 0 Å². The summed E-state index contributed by atoms with van der Waals surface area (Å²) in [5.41, 5.74) is 19.0. The molecule has 5 N–H and O–H groups in total. The predicted molar refractivity (Wildman–Crippen MR) is 189 cm³/mol. The number of likely N-dealkylation sites (tertiary alicyclic amines) is 1. The highest BCUT2D eigenvalue weighted by atomic mass is 16.2. The molecule has 0 saturated carbocycles. The lowest BCUT2D eigenvalue weighted by Gasteiger charge is -2.29. The second kappa shape index (κ2) is 15.0. The number of hydrogen-bond acceptors (Lipinski definition) is 7. The summed E-state index contributed by atoms with van der Waals surface area (Å²) < 4.78 is 0. The molecule has 3 heterocycles. The quantitative estimate of drug-likeness (QED) is 0.175. The van der Waals surface area contributed by atoms with Crippen molar-refractivity contribution in [2.24, 2.45) is 21.6 Å². The molecule has 0 spiro atoms. The van der Waals surface area contributed by atoms with Crippen molar-refractivity contribution in [1.29, 1.82) is 5.41 Å². The van der Waals surface area contributed by atoms with Crippen molar-refractivity contribution in [3.63, 3.8) is 0 Å². The number of nitrogens with two attached hydrogens (primary N) is 2. The number of nitrogens with zero attached hydrogens (tertiary/aromatic N) is 6. The summed E-state index contributed by atoms with van der Waals surface area (Å²) >= 11 is 0. The average Bonchev–Trinajstić information content (AvgIpc) is 3.56. The molecule has 244 valence electrons. The molecule has 2 aliphatic heterocycles. The fraction of sp³-hybridized carbons (Fsp3) is 0.333. The minimum Gasteiger partial charge on any atom is -0.398 e. The van der Waals surface area contributed by atoms with Gasteiger partial charge in [-0.2, -0.15) is 0 Å². The van der Waals surface area contributed by atoms with E-state index in [4.69, 9.17) is 16.9 Å². The normalized spacial score (nSPS) is 17.2. The number of nitrogens with one attached hydrogen (secondary N) is 1. The molecule has 0 aliphatic carbocycles. The van der Waals surface area contributed by atoms with Gasteiger partial charge in [0.25, 0.3) is 0 Å². The Morgan fingerprint density at radius 2 is 1.89 bits per heavy atom. The fourth-order valence-electron chi connectivity index (χ4n) is 6.15. The maximum atomic E-state index is 13.8. The van der Waals surface area contributed by atoms with Gasteiger partial charge in [-0.15, -0.1) is 0 Å². The van der Waals surface area contributed by atoms with E-state index < -0.39 is 0 Å².